The van der Waals surface area contributed by atoms with Gasteiger partial charge in [-0.1, -0.05) is 40.2 Å². The Morgan fingerprint density at radius 2 is 1.72 bits per heavy atom. The first kappa shape index (κ1) is 17.0. The molecular formula is C19H15BrN2O3. The summed E-state index contributed by atoms with van der Waals surface area (Å²) in [7, 11) is 0. The number of benzene rings is 2. The second-order valence-corrected chi connectivity index (χ2v) is 6.19. The van der Waals surface area contributed by atoms with E-state index in [4.69, 9.17) is 4.42 Å². The van der Waals surface area contributed by atoms with Crippen LogP contribution in [-0.2, 0) is 6.54 Å². The molecule has 3 aromatic rings. The van der Waals surface area contributed by atoms with Crippen LogP contribution in [0.4, 0.5) is 5.69 Å². The molecule has 0 fully saturated rings. The third-order valence-electron chi connectivity index (χ3n) is 3.43. The molecule has 0 saturated carbocycles. The van der Waals surface area contributed by atoms with E-state index < -0.39 is 0 Å². The third-order valence-corrected chi connectivity index (χ3v) is 3.92. The Morgan fingerprint density at radius 1 is 0.920 bits per heavy atom. The number of anilines is 1. The molecule has 0 bridgehead atoms. The number of hydrogen-bond acceptors (Lipinski definition) is 3. The van der Waals surface area contributed by atoms with Crippen LogP contribution in [0.2, 0.25) is 0 Å². The molecule has 1 heterocycles. The number of furan rings is 1. The van der Waals surface area contributed by atoms with Crippen molar-refractivity contribution in [3.63, 3.8) is 0 Å². The maximum absolute atomic E-state index is 12.2. The van der Waals surface area contributed by atoms with Gasteiger partial charge in [0.1, 0.15) is 5.76 Å². The van der Waals surface area contributed by atoms with Crippen LogP contribution in [-0.4, -0.2) is 11.8 Å². The Bertz CT molecular complexity index is 890. The summed E-state index contributed by atoms with van der Waals surface area (Å²) in [4.78, 5) is 24.2. The Balaban J connectivity index is 1.58. The van der Waals surface area contributed by atoms with Crippen molar-refractivity contribution in [3.8, 4) is 0 Å². The van der Waals surface area contributed by atoms with Crippen molar-refractivity contribution in [3.05, 3.63) is 88.3 Å². The lowest BCUT2D eigenvalue weighted by molar-refractivity contribution is 0.0948. The molecule has 1 aromatic heterocycles. The van der Waals surface area contributed by atoms with Crippen molar-refractivity contribution in [1.29, 1.82) is 0 Å². The first-order valence-corrected chi connectivity index (χ1v) is 8.40. The topological polar surface area (TPSA) is 71.3 Å². The fourth-order valence-electron chi connectivity index (χ4n) is 2.21. The summed E-state index contributed by atoms with van der Waals surface area (Å²) in [6.07, 6.45) is 0. The molecule has 0 unspecified atom stereocenters. The number of carbonyl (C=O) groups excluding carboxylic acids is 2. The largest absolute Gasteiger partial charge is 0.454 e. The van der Waals surface area contributed by atoms with Crippen molar-refractivity contribution < 1.29 is 14.0 Å². The van der Waals surface area contributed by atoms with E-state index in [0.29, 0.717) is 17.0 Å². The SMILES string of the molecule is O=C(NCc1ccc(C(=O)Nc2cccc(Br)c2)o1)c1ccccc1. The molecule has 126 valence electrons. The zero-order valence-corrected chi connectivity index (χ0v) is 14.7. The van der Waals surface area contributed by atoms with Crippen molar-refractivity contribution in [2.75, 3.05) is 5.32 Å². The molecule has 5 nitrogen and oxygen atoms in total. The lowest BCUT2D eigenvalue weighted by Gasteiger charge is -2.04. The monoisotopic (exact) mass is 398 g/mol. The average Bonchev–Trinajstić information content (AvgIpc) is 3.09. The first-order valence-electron chi connectivity index (χ1n) is 7.61. The van der Waals surface area contributed by atoms with Crippen LogP contribution < -0.4 is 10.6 Å². The summed E-state index contributed by atoms with van der Waals surface area (Å²) >= 11 is 3.35. The lowest BCUT2D eigenvalue weighted by Crippen LogP contribution is -2.22. The number of hydrogen-bond donors (Lipinski definition) is 2. The van der Waals surface area contributed by atoms with E-state index in [2.05, 4.69) is 26.6 Å². The van der Waals surface area contributed by atoms with Crippen molar-refractivity contribution in [2.24, 2.45) is 0 Å². The molecule has 6 heteroatoms. The van der Waals surface area contributed by atoms with Gasteiger partial charge in [-0.2, -0.15) is 0 Å². The smallest absolute Gasteiger partial charge is 0.291 e. The van der Waals surface area contributed by atoms with Gasteiger partial charge in [0.05, 0.1) is 6.54 Å². The fourth-order valence-corrected chi connectivity index (χ4v) is 2.61. The minimum absolute atomic E-state index is 0.184. The number of carbonyl (C=O) groups is 2. The molecule has 0 aliphatic rings. The molecule has 3 rings (SSSR count). The highest BCUT2D eigenvalue weighted by Gasteiger charge is 2.12. The molecular weight excluding hydrogens is 384 g/mol. The van der Waals surface area contributed by atoms with Gasteiger partial charge >= 0.3 is 0 Å². The zero-order valence-electron chi connectivity index (χ0n) is 13.2. The van der Waals surface area contributed by atoms with E-state index in [1.54, 1.807) is 48.5 Å². The zero-order chi connectivity index (χ0) is 17.6. The van der Waals surface area contributed by atoms with Crippen LogP contribution in [0.1, 0.15) is 26.7 Å². The maximum Gasteiger partial charge on any atom is 0.291 e. The van der Waals surface area contributed by atoms with E-state index in [-0.39, 0.29) is 24.1 Å². The standard InChI is InChI=1S/C19H15BrN2O3/c20-14-7-4-8-15(11-14)22-19(24)17-10-9-16(25-17)12-21-18(23)13-5-2-1-3-6-13/h1-11H,12H2,(H,21,23)(H,22,24). The quantitative estimate of drug-likeness (QED) is 0.675. The summed E-state index contributed by atoms with van der Waals surface area (Å²) in [5.74, 6) is 0.142. The lowest BCUT2D eigenvalue weighted by atomic mass is 10.2. The Kier molecular flexibility index (Phi) is 5.30. The minimum Gasteiger partial charge on any atom is -0.454 e. The Hall–Kier alpha value is -2.86. The molecule has 0 spiro atoms. The Labute approximate surface area is 153 Å². The molecule has 2 N–H and O–H groups in total. The molecule has 2 aromatic carbocycles. The summed E-state index contributed by atoms with van der Waals surface area (Å²) in [6, 6.07) is 19.4. The number of halogens is 1. The van der Waals surface area contributed by atoms with E-state index in [1.165, 1.54) is 0 Å². The van der Waals surface area contributed by atoms with E-state index in [1.807, 2.05) is 18.2 Å². The number of rotatable bonds is 5. The van der Waals surface area contributed by atoms with Crippen molar-refractivity contribution in [2.45, 2.75) is 6.54 Å². The number of nitrogens with one attached hydrogen (secondary N) is 2. The second-order valence-electron chi connectivity index (χ2n) is 5.28. The van der Waals surface area contributed by atoms with Gasteiger partial charge in [0.2, 0.25) is 0 Å². The van der Waals surface area contributed by atoms with Crippen LogP contribution in [0.25, 0.3) is 0 Å². The summed E-state index contributed by atoms with van der Waals surface area (Å²) in [6.45, 7) is 0.206. The van der Waals surface area contributed by atoms with Gasteiger partial charge in [-0.25, -0.2) is 0 Å². The predicted octanol–water partition coefficient (Wildman–Crippen LogP) is 4.22. The molecule has 0 radical (unpaired) electrons. The highest BCUT2D eigenvalue weighted by molar-refractivity contribution is 9.10. The van der Waals surface area contributed by atoms with E-state index >= 15 is 0 Å². The van der Waals surface area contributed by atoms with Gasteiger partial charge < -0.3 is 15.1 Å². The molecule has 25 heavy (non-hydrogen) atoms. The number of amides is 2. The van der Waals surface area contributed by atoms with Gasteiger partial charge in [0.25, 0.3) is 11.8 Å². The van der Waals surface area contributed by atoms with Crippen LogP contribution in [0.15, 0.2) is 75.6 Å². The molecule has 0 saturated heterocycles. The average molecular weight is 399 g/mol. The first-order chi connectivity index (χ1) is 12.1. The van der Waals surface area contributed by atoms with E-state index in [0.717, 1.165) is 4.47 Å². The highest BCUT2D eigenvalue weighted by Crippen LogP contribution is 2.17. The fraction of sp³-hybridized carbons (Fsp3) is 0.0526. The summed E-state index contributed by atoms with van der Waals surface area (Å²) in [5.41, 5.74) is 1.23. The minimum atomic E-state index is -0.348. The van der Waals surface area contributed by atoms with Gasteiger partial charge in [-0.15, -0.1) is 0 Å². The van der Waals surface area contributed by atoms with Crippen molar-refractivity contribution >= 4 is 33.4 Å². The molecule has 0 aliphatic carbocycles. The Morgan fingerprint density at radius 3 is 2.48 bits per heavy atom. The van der Waals surface area contributed by atoms with Gasteiger partial charge in [0, 0.05) is 15.7 Å². The normalized spacial score (nSPS) is 10.3. The summed E-state index contributed by atoms with van der Waals surface area (Å²) < 4.78 is 6.37. The predicted molar refractivity (Wildman–Crippen MR) is 98.4 cm³/mol. The maximum atomic E-state index is 12.2. The molecule has 0 atom stereocenters. The van der Waals surface area contributed by atoms with Crippen LogP contribution in [0.3, 0.4) is 0 Å². The van der Waals surface area contributed by atoms with Crippen LogP contribution in [0.5, 0.6) is 0 Å². The van der Waals surface area contributed by atoms with Gasteiger partial charge in [-0.3, -0.25) is 9.59 Å². The second kappa shape index (κ2) is 7.81. The van der Waals surface area contributed by atoms with Crippen molar-refractivity contribution in [1.82, 2.24) is 5.32 Å². The van der Waals surface area contributed by atoms with Gasteiger partial charge in [-0.05, 0) is 42.5 Å². The van der Waals surface area contributed by atoms with Gasteiger partial charge in [0.15, 0.2) is 5.76 Å². The highest BCUT2D eigenvalue weighted by atomic mass is 79.9. The molecule has 0 aliphatic heterocycles. The molecule has 2 amide bonds. The summed E-state index contributed by atoms with van der Waals surface area (Å²) in [5, 5.41) is 5.51. The van der Waals surface area contributed by atoms with Crippen LogP contribution in [0, 0.1) is 0 Å². The van der Waals surface area contributed by atoms with E-state index in [9.17, 15) is 9.59 Å². The third kappa shape index (κ3) is 4.58. The van der Waals surface area contributed by atoms with Crippen LogP contribution >= 0.6 is 15.9 Å².